The number of pyridine rings is 1. The number of anilines is 2. The van der Waals surface area contributed by atoms with Gasteiger partial charge in [0.2, 0.25) is 0 Å². The monoisotopic (exact) mass is 347 g/mol. The van der Waals surface area contributed by atoms with Crippen molar-refractivity contribution in [1.29, 1.82) is 0 Å². The Morgan fingerprint density at radius 3 is 2.72 bits per heavy atom. The summed E-state index contributed by atoms with van der Waals surface area (Å²) in [4.78, 5) is 18.7. The standard InChI is InChI=1S/C18H19F2N3O2/c19-13-3-4-14(15(20)10-13)18(25)22-16-2-1-7-21-17(16)23-8-5-12(11-24)6-9-23/h1-4,7,10,12,24H,5-6,8-9,11H2,(H,22,25). The van der Waals surface area contributed by atoms with Gasteiger partial charge in [0.1, 0.15) is 11.6 Å². The zero-order valence-corrected chi connectivity index (χ0v) is 13.6. The summed E-state index contributed by atoms with van der Waals surface area (Å²) < 4.78 is 26.8. The van der Waals surface area contributed by atoms with Gasteiger partial charge in [0, 0.05) is 32.0 Å². The van der Waals surface area contributed by atoms with Crippen molar-refractivity contribution >= 4 is 17.4 Å². The van der Waals surface area contributed by atoms with E-state index in [2.05, 4.69) is 10.3 Å². The number of carbonyl (C=O) groups excluding carboxylic acids is 1. The van der Waals surface area contributed by atoms with Gasteiger partial charge in [-0.3, -0.25) is 4.79 Å². The Morgan fingerprint density at radius 1 is 1.28 bits per heavy atom. The molecule has 1 aliphatic heterocycles. The van der Waals surface area contributed by atoms with E-state index in [4.69, 9.17) is 0 Å². The minimum absolute atomic E-state index is 0.170. The van der Waals surface area contributed by atoms with Crippen LogP contribution in [0.15, 0.2) is 36.5 Å². The van der Waals surface area contributed by atoms with E-state index in [0.717, 1.165) is 38.1 Å². The number of aliphatic hydroxyl groups is 1. The van der Waals surface area contributed by atoms with Crippen LogP contribution in [0.3, 0.4) is 0 Å². The number of hydrogen-bond acceptors (Lipinski definition) is 4. The van der Waals surface area contributed by atoms with Gasteiger partial charge in [0.25, 0.3) is 5.91 Å². The molecule has 0 saturated carbocycles. The van der Waals surface area contributed by atoms with Gasteiger partial charge in [-0.15, -0.1) is 0 Å². The SMILES string of the molecule is O=C(Nc1cccnc1N1CCC(CO)CC1)c1ccc(F)cc1F. The van der Waals surface area contributed by atoms with Crippen LogP contribution < -0.4 is 10.2 Å². The first kappa shape index (κ1) is 17.3. The lowest BCUT2D eigenvalue weighted by atomic mass is 9.98. The molecule has 132 valence electrons. The summed E-state index contributed by atoms with van der Waals surface area (Å²) in [6, 6.07) is 6.21. The van der Waals surface area contributed by atoms with Crippen LogP contribution in [0.25, 0.3) is 0 Å². The molecule has 2 heterocycles. The molecule has 2 N–H and O–H groups in total. The lowest BCUT2D eigenvalue weighted by Gasteiger charge is -2.33. The molecule has 25 heavy (non-hydrogen) atoms. The number of halogens is 2. The number of benzene rings is 1. The van der Waals surface area contributed by atoms with E-state index in [1.54, 1.807) is 18.3 Å². The van der Waals surface area contributed by atoms with E-state index in [0.29, 0.717) is 17.6 Å². The van der Waals surface area contributed by atoms with E-state index >= 15 is 0 Å². The third kappa shape index (κ3) is 3.93. The highest BCUT2D eigenvalue weighted by Gasteiger charge is 2.22. The van der Waals surface area contributed by atoms with Crippen LogP contribution in [0.5, 0.6) is 0 Å². The zero-order valence-electron chi connectivity index (χ0n) is 13.6. The largest absolute Gasteiger partial charge is 0.396 e. The second-order valence-electron chi connectivity index (χ2n) is 6.07. The van der Waals surface area contributed by atoms with Gasteiger partial charge in [0.15, 0.2) is 5.82 Å². The Bertz CT molecular complexity index is 762. The maximum Gasteiger partial charge on any atom is 0.258 e. The van der Waals surface area contributed by atoms with E-state index < -0.39 is 17.5 Å². The molecule has 5 nitrogen and oxygen atoms in total. The van der Waals surface area contributed by atoms with Crippen molar-refractivity contribution in [2.45, 2.75) is 12.8 Å². The zero-order chi connectivity index (χ0) is 17.8. The Kier molecular flexibility index (Phi) is 5.23. The summed E-state index contributed by atoms with van der Waals surface area (Å²) in [7, 11) is 0. The minimum atomic E-state index is -0.910. The molecule has 3 rings (SSSR count). The average molecular weight is 347 g/mol. The number of carbonyl (C=O) groups is 1. The fourth-order valence-corrected chi connectivity index (χ4v) is 2.94. The Hall–Kier alpha value is -2.54. The predicted octanol–water partition coefficient (Wildman–Crippen LogP) is 2.82. The highest BCUT2D eigenvalue weighted by molar-refractivity contribution is 6.05. The molecule has 0 aliphatic carbocycles. The van der Waals surface area contributed by atoms with Crippen LogP contribution in [-0.2, 0) is 0 Å². The highest BCUT2D eigenvalue weighted by atomic mass is 19.1. The van der Waals surface area contributed by atoms with Crippen molar-refractivity contribution in [2.24, 2.45) is 5.92 Å². The lowest BCUT2D eigenvalue weighted by Crippen LogP contribution is -2.36. The van der Waals surface area contributed by atoms with Crippen molar-refractivity contribution in [3.63, 3.8) is 0 Å². The van der Waals surface area contributed by atoms with Crippen LogP contribution in [0.4, 0.5) is 20.3 Å². The fraction of sp³-hybridized carbons (Fsp3) is 0.333. The Morgan fingerprint density at radius 2 is 2.04 bits per heavy atom. The summed E-state index contributed by atoms with van der Waals surface area (Å²) in [6.07, 6.45) is 3.31. The van der Waals surface area contributed by atoms with Gasteiger partial charge in [-0.2, -0.15) is 0 Å². The van der Waals surface area contributed by atoms with Crippen molar-refractivity contribution in [3.05, 3.63) is 53.7 Å². The first-order valence-corrected chi connectivity index (χ1v) is 8.15. The molecule has 1 saturated heterocycles. The predicted molar refractivity (Wildman–Crippen MR) is 90.6 cm³/mol. The highest BCUT2D eigenvalue weighted by Crippen LogP contribution is 2.28. The summed E-state index contributed by atoms with van der Waals surface area (Å²) in [5.74, 6) is -1.41. The van der Waals surface area contributed by atoms with Crippen molar-refractivity contribution in [2.75, 3.05) is 29.9 Å². The molecule has 2 aromatic rings. The number of aromatic nitrogens is 1. The second-order valence-corrected chi connectivity index (χ2v) is 6.07. The molecule has 1 fully saturated rings. The summed E-state index contributed by atoms with van der Waals surface area (Å²) >= 11 is 0. The van der Waals surface area contributed by atoms with Gasteiger partial charge in [-0.25, -0.2) is 13.8 Å². The minimum Gasteiger partial charge on any atom is -0.396 e. The molecule has 1 aromatic heterocycles. The molecule has 0 radical (unpaired) electrons. The molecule has 1 amide bonds. The Labute approximate surface area is 144 Å². The van der Waals surface area contributed by atoms with Crippen molar-refractivity contribution in [3.8, 4) is 0 Å². The van der Waals surface area contributed by atoms with Crippen LogP contribution in [0.1, 0.15) is 23.2 Å². The van der Waals surface area contributed by atoms with Crippen LogP contribution in [-0.4, -0.2) is 35.7 Å². The van der Waals surface area contributed by atoms with Gasteiger partial charge in [0.05, 0.1) is 11.3 Å². The Balaban J connectivity index is 1.78. The number of nitrogens with zero attached hydrogens (tertiary/aromatic N) is 2. The van der Waals surface area contributed by atoms with Crippen molar-refractivity contribution < 1.29 is 18.7 Å². The number of aliphatic hydroxyl groups excluding tert-OH is 1. The number of hydrogen-bond donors (Lipinski definition) is 2. The molecule has 1 aliphatic rings. The summed E-state index contributed by atoms with van der Waals surface area (Å²) in [5, 5.41) is 11.9. The van der Waals surface area contributed by atoms with Gasteiger partial charge in [-0.1, -0.05) is 0 Å². The lowest BCUT2D eigenvalue weighted by molar-refractivity contribution is 0.102. The summed E-state index contributed by atoms with van der Waals surface area (Å²) in [5.41, 5.74) is 0.244. The average Bonchev–Trinajstić information content (AvgIpc) is 2.62. The number of amides is 1. The molecular weight excluding hydrogens is 328 g/mol. The van der Waals surface area contributed by atoms with Crippen LogP contribution >= 0.6 is 0 Å². The van der Waals surface area contributed by atoms with Gasteiger partial charge < -0.3 is 15.3 Å². The first-order valence-electron chi connectivity index (χ1n) is 8.15. The third-order valence-corrected chi connectivity index (χ3v) is 4.38. The molecule has 0 unspecified atom stereocenters. The van der Waals surface area contributed by atoms with E-state index in [-0.39, 0.29) is 18.1 Å². The quantitative estimate of drug-likeness (QED) is 0.893. The smallest absolute Gasteiger partial charge is 0.258 e. The van der Waals surface area contributed by atoms with E-state index in [1.807, 2.05) is 4.90 Å². The molecular formula is C18H19F2N3O2. The molecule has 0 spiro atoms. The fourth-order valence-electron chi connectivity index (χ4n) is 2.94. The molecule has 7 heteroatoms. The van der Waals surface area contributed by atoms with Crippen LogP contribution in [0.2, 0.25) is 0 Å². The van der Waals surface area contributed by atoms with E-state index in [9.17, 15) is 18.7 Å². The van der Waals surface area contributed by atoms with Gasteiger partial charge >= 0.3 is 0 Å². The maximum atomic E-state index is 13.8. The van der Waals surface area contributed by atoms with E-state index in [1.165, 1.54) is 0 Å². The topological polar surface area (TPSA) is 65.5 Å². The molecule has 1 aromatic carbocycles. The number of nitrogens with one attached hydrogen (secondary N) is 1. The molecule has 0 atom stereocenters. The first-order chi connectivity index (χ1) is 12.1. The van der Waals surface area contributed by atoms with Crippen LogP contribution in [0, 0.1) is 17.6 Å². The maximum absolute atomic E-state index is 13.8. The normalized spacial score (nSPS) is 15.2. The second kappa shape index (κ2) is 7.57. The summed E-state index contributed by atoms with van der Waals surface area (Å²) in [6.45, 7) is 1.61. The third-order valence-electron chi connectivity index (χ3n) is 4.38. The van der Waals surface area contributed by atoms with Crippen molar-refractivity contribution in [1.82, 2.24) is 4.98 Å². The van der Waals surface area contributed by atoms with Gasteiger partial charge in [-0.05, 0) is 43.0 Å². The number of rotatable bonds is 4. The number of piperidine rings is 1. The molecule has 0 bridgehead atoms.